The van der Waals surface area contributed by atoms with Gasteiger partial charge in [-0.2, -0.15) is 0 Å². The van der Waals surface area contributed by atoms with Crippen molar-refractivity contribution in [1.82, 2.24) is 9.55 Å². The number of nitrogens with one attached hydrogen (secondary N) is 1. The maximum Gasteiger partial charge on any atom is 0.330 e. The maximum atomic E-state index is 13.7. The van der Waals surface area contributed by atoms with E-state index >= 15 is 0 Å². The third-order valence-corrected chi connectivity index (χ3v) is 3.87. The summed E-state index contributed by atoms with van der Waals surface area (Å²) < 4.78 is 30.8. The predicted octanol–water partition coefficient (Wildman–Crippen LogP) is -0.352. The number of halogens is 1. The summed E-state index contributed by atoms with van der Waals surface area (Å²) in [5, 5.41) is 0. The van der Waals surface area contributed by atoms with Gasteiger partial charge in [-0.25, -0.2) is 9.18 Å². The van der Waals surface area contributed by atoms with Crippen molar-refractivity contribution in [1.29, 1.82) is 0 Å². The molecule has 10 heteroatoms. The van der Waals surface area contributed by atoms with Crippen LogP contribution in [-0.2, 0) is 9.30 Å². The van der Waals surface area contributed by atoms with Crippen molar-refractivity contribution in [2.75, 3.05) is 6.16 Å². The van der Waals surface area contributed by atoms with Gasteiger partial charge in [0.2, 0.25) is 0 Å². The minimum atomic E-state index is -4.41. The van der Waals surface area contributed by atoms with E-state index in [0.29, 0.717) is 0 Å². The van der Waals surface area contributed by atoms with Gasteiger partial charge in [0.1, 0.15) is 18.5 Å². The number of H-pyrrole nitrogens is 1. The summed E-state index contributed by atoms with van der Waals surface area (Å²) >= 11 is 0. The van der Waals surface area contributed by atoms with Crippen molar-refractivity contribution in [2.45, 2.75) is 31.8 Å². The maximum absolute atomic E-state index is 13.7. The van der Waals surface area contributed by atoms with Crippen LogP contribution in [0.2, 0.25) is 0 Å². The van der Waals surface area contributed by atoms with E-state index in [2.05, 4.69) is 4.98 Å². The van der Waals surface area contributed by atoms with E-state index in [-0.39, 0.29) is 12.0 Å². The Morgan fingerprint density at radius 2 is 2.20 bits per heavy atom. The number of nitrogens with zero attached hydrogens (tertiary/aromatic N) is 1. The minimum Gasteiger partial charge on any atom is -0.351 e. The van der Waals surface area contributed by atoms with Crippen LogP contribution in [0, 0.1) is 6.92 Å². The van der Waals surface area contributed by atoms with Gasteiger partial charge in [0.15, 0.2) is 0 Å². The summed E-state index contributed by atoms with van der Waals surface area (Å²) in [6.45, 7) is 1.48. The summed E-state index contributed by atoms with van der Waals surface area (Å²) in [5.41, 5.74) is -1.05. The molecule has 0 amide bonds. The standard InChI is InChI=1S/C10H14FN2O6P/c1-5-3-13(10(15)12-9(5)14)8-2-6(11)7(19-8)4-20(16,17)18/h3,6-8H,2,4H2,1H3,(H,12,14,15)(H2,16,17,18)/t6?,7-,8-/m1/s1. The molecule has 0 spiro atoms. The van der Waals surface area contributed by atoms with Crippen LogP contribution in [0.1, 0.15) is 18.2 Å². The zero-order valence-corrected chi connectivity index (χ0v) is 11.4. The van der Waals surface area contributed by atoms with E-state index in [1.807, 2.05) is 0 Å². The van der Waals surface area contributed by atoms with Gasteiger partial charge in [-0.15, -0.1) is 0 Å². The summed E-state index contributed by atoms with van der Waals surface area (Å²) in [7, 11) is -4.41. The van der Waals surface area contributed by atoms with E-state index in [1.165, 1.54) is 13.1 Å². The molecule has 2 rings (SSSR count). The van der Waals surface area contributed by atoms with Gasteiger partial charge in [0, 0.05) is 18.2 Å². The molecule has 0 bridgehead atoms. The highest BCUT2D eigenvalue weighted by molar-refractivity contribution is 7.51. The van der Waals surface area contributed by atoms with E-state index in [9.17, 15) is 18.5 Å². The van der Waals surface area contributed by atoms with Gasteiger partial charge >= 0.3 is 13.3 Å². The Balaban J connectivity index is 2.25. The molecule has 1 aromatic heterocycles. The Kier molecular flexibility index (Phi) is 3.97. The number of aryl methyl sites for hydroxylation is 1. The Bertz CT molecular complexity index is 664. The number of aromatic nitrogens is 2. The van der Waals surface area contributed by atoms with Crippen LogP contribution in [0.5, 0.6) is 0 Å². The van der Waals surface area contributed by atoms with Crippen molar-refractivity contribution >= 4 is 7.60 Å². The van der Waals surface area contributed by atoms with Crippen molar-refractivity contribution < 1.29 is 23.5 Å². The van der Waals surface area contributed by atoms with Crippen molar-refractivity contribution in [3.8, 4) is 0 Å². The molecule has 0 radical (unpaired) electrons. The molecule has 1 aliphatic heterocycles. The average Bonchev–Trinajstić information content (AvgIpc) is 2.63. The fourth-order valence-corrected chi connectivity index (χ4v) is 2.84. The van der Waals surface area contributed by atoms with Crippen LogP contribution in [0.25, 0.3) is 0 Å². The molecule has 0 aliphatic carbocycles. The van der Waals surface area contributed by atoms with Crippen molar-refractivity contribution in [3.63, 3.8) is 0 Å². The summed E-state index contributed by atoms with van der Waals surface area (Å²) in [6.07, 6.45) is -3.59. The Labute approximate surface area is 112 Å². The van der Waals surface area contributed by atoms with Crippen LogP contribution in [0.3, 0.4) is 0 Å². The van der Waals surface area contributed by atoms with E-state index < -0.39 is 43.5 Å². The zero-order valence-electron chi connectivity index (χ0n) is 10.5. The first-order valence-electron chi connectivity index (χ1n) is 5.83. The van der Waals surface area contributed by atoms with Crippen molar-refractivity contribution in [2.24, 2.45) is 0 Å². The number of aromatic amines is 1. The smallest absolute Gasteiger partial charge is 0.330 e. The van der Waals surface area contributed by atoms with Crippen LogP contribution in [0.15, 0.2) is 15.8 Å². The first kappa shape index (κ1) is 15.1. The molecule has 3 atom stereocenters. The second-order valence-corrected chi connectivity index (χ2v) is 6.40. The fraction of sp³-hybridized carbons (Fsp3) is 0.600. The van der Waals surface area contributed by atoms with Gasteiger partial charge in [-0.05, 0) is 6.92 Å². The normalized spacial score (nSPS) is 26.9. The molecule has 1 unspecified atom stereocenters. The lowest BCUT2D eigenvalue weighted by atomic mass is 10.2. The second-order valence-electron chi connectivity index (χ2n) is 4.71. The number of ether oxygens (including phenoxy) is 1. The molecule has 1 aromatic rings. The van der Waals surface area contributed by atoms with Gasteiger partial charge in [-0.3, -0.25) is 18.9 Å². The molecular weight excluding hydrogens is 294 g/mol. The predicted molar refractivity (Wildman–Crippen MR) is 66.4 cm³/mol. The third kappa shape index (κ3) is 3.24. The van der Waals surface area contributed by atoms with E-state index in [0.717, 1.165) is 4.57 Å². The van der Waals surface area contributed by atoms with Crippen LogP contribution < -0.4 is 11.2 Å². The topological polar surface area (TPSA) is 122 Å². The number of rotatable bonds is 3. The lowest BCUT2D eigenvalue weighted by Crippen LogP contribution is -2.33. The number of hydrogen-bond acceptors (Lipinski definition) is 4. The molecular formula is C10H14FN2O6P. The van der Waals surface area contributed by atoms with Crippen molar-refractivity contribution in [3.05, 3.63) is 32.6 Å². The lowest BCUT2D eigenvalue weighted by Gasteiger charge is -2.16. The van der Waals surface area contributed by atoms with Crippen LogP contribution >= 0.6 is 7.60 Å². The van der Waals surface area contributed by atoms with Gasteiger partial charge in [0.25, 0.3) is 5.56 Å². The number of hydrogen-bond donors (Lipinski definition) is 3. The zero-order chi connectivity index (χ0) is 15.1. The summed E-state index contributed by atoms with van der Waals surface area (Å²) in [6, 6.07) is 0. The highest BCUT2D eigenvalue weighted by Crippen LogP contribution is 2.41. The Morgan fingerprint density at radius 1 is 1.55 bits per heavy atom. The van der Waals surface area contributed by atoms with Crippen LogP contribution in [-0.4, -0.2) is 37.8 Å². The molecule has 3 N–H and O–H groups in total. The molecule has 2 heterocycles. The lowest BCUT2D eigenvalue weighted by molar-refractivity contribution is -0.000978. The molecule has 8 nitrogen and oxygen atoms in total. The molecule has 1 aliphatic rings. The largest absolute Gasteiger partial charge is 0.351 e. The number of alkyl halides is 1. The van der Waals surface area contributed by atoms with Gasteiger partial charge in [-0.1, -0.05) is 0 Å². The summed E-state index contributed by atoms with van der Waals surface area (Å²) in [4.78, 5) is 42.6. The second kappa shape index (κ2) is 5.25. The molecule has 0 aromatic carbocycles. The average molecular weight is 308 g/mol. The highest BCUT2D eigenvalue weighted by Gasteiger charge is 2.40. The van der Waals surface area contributed by atoms with E-state index in [4.69, 9.17) is 14.5 Å². The van der Waals surface area contributed by atoms with Gasteiger partial charge in [0.05, 0.1) is 6.16 Å². The monoisotopic (exact) mass is 308 g/mol. The Hall–Kier alpha value is -1.28. The van der Waals surface area contributed by atoms with Crippen LogP contribution in [0.4, 0.5) is 4.39 Å². The SMILES string of the molecule is Cc1cn([C@H]2CC(F)[C@@H](CP(=O)(O)O)O2)c(=O)[nH]c1=O. The summed E-state index contributed by atoms with van der Waals surface area (Å²) in [5.74, 6) is 0. The first-order chi connectivity index (χ1) is 9.17. The minimum absolute atomic E-state index is 0.212. The third-order valence-electron chi connectivity index (χ3n) is 3.04. The molecule has 0 saturated carbocycles. The first-order valence-corrected chi connectivity index (χ1v) is 7.63. The fourth-order valence-electron chi connectivity index (χ4n) is 2.06. The Morgan fingerprint density at radius 3 is 2.80 bits per heavy atom. The van der Waals surface area contributed by atoms with E-state index in [1.54, 1.807) is 0 Å². The molecule has 1 saturated heterocycles. The molecule has 20 heavy (non-hydrogen) atoms. The molecule has 112 valence electrons. The van der Waals surface area contributed by atoms with Gasteiger partial charge < -0.3 is 14.5 Å². The molecule has 1 fully saturated rings. The quantitative estimate of drug-likeness (QED) is 0.656. The highest BCUT2D eigenvalue weighted by atomic mass is 31.2.